The third-order valence-electron chi connectivity index (χ3n) is 2.75. The van der Waals surface area contributed by atoms with Gasteiger partial charge < -0.3 is 0 Å². The summed E-state index contributed by atoms with van der Waals surface area (Å²) < 4.78 is 2.94. The molecule has 1 heterocycles. The Balaban J connectivity index is 2.90. The molecule has 1 aromatic rings. The molecule has 0 aromatic carbocycles. The van der Waals surface area contributed by atoms with Gasteiger partial charge >= 0.3 is 0 Å². The SMILES string of the molecule is CCc1nn(C)c(CN(C)C(C)C#N)c1Br. The molecule has 16 heavy (non-hydrogen) atoms. The fourth-order valence-corrected chi connectivity index (χ4v) is 2.20. The summed E-state index contributed by atoms with van der Waals surface area (Å²) in [4.78, 5) is 2.00. The van der Waals surface area contributed by atoms with Crippen LogP contribution in [-0.2, 0) is 20.0 Å². The highest BCUT2D eigenvalue weighted by molar-refractivity contribution is 9.10. The molecule has 0 fully saturated rings. The Morgan fingerprint density at radius 1 is 1.62 bits per heavy atom. The minimum absolute atomic E-state index is 0.0909. The van der Waals surface area contributed by atoms with Crippen LogP contribution in [-0.4, -0.2) is 27.8 Å². The topological polar surface area (TPSA) is 44.9 Å². The molecule has 0 spiro atoms. The van der Waals surface area contributed by atoms with Gasteiger partial charge in [-0.25, -0.2) is 0 Å². The standard InChI is InChI=1S/C11H17BrN4/c1-5-9-11(12)10(16(4)14-9)7-15(3)8(2)6-13/h8H,5,7H2,1-4H3. The van der Waals surface area contributed by atoms with Crippen LogP contribution >= 0.6 is 15.9 Å². The molecule has 0 aliphatic rings. The van der Waals surface area contributed by atoms with Gasteiger partial charge in [0.2, 0.25) is 0 Å². The predicted octanol–water partition coefficient (Wildman–Crippen LogP) is 2.09. The molecule has 0 radical (unpaired) electrons. The van der Waals surface area contributed by atoms with Crippen molar-refractivity contribution >= 4 is 15.9 Å². The molecule has 1 aromatic heterocycles. The molecule has 0 amide bonds. The molecular weight excluding hydrogens is 268 g/mol. The highest BCUT2D eigenvalue weighted by Crippen LogP contribution is 2.22. The van der Waals surface area contributed by atoms with Crippen molar-refractivity contribution in [1.82, 2.24) is 14.7 Å². The first-order chi connectivity index (χ1) is 7.51. The van der Waals surface area contributed by atoms with Gasteiger partial charge in [0, 0.05) is 13.6 Å². The van der Waals surface area contributed by atoms with Crippen molar-refractivity contribution in [3.63, 3.8) is 0 Å². The zero-order chi connectivity index (χ0) is 12.3. The maximum absolute atomic E-state index is 8.85. The first kappa shape index (κ1) is 13.2. The van der Waals surface area contributed by atoms with E-state index in [-0.39, 0.29) is 6.04 Å². The summed E-state index contributed by atoms with van der Waals surface area (Å²) in [7, 11) is 3.88. The molecule has 1 atom stereocenters. The first-order valence-electron chi connectivity index (χ1n) is 5.31. The number of aryl methyl sites for hydroxylation is 2. The fourth-order valence-electron chi connectivity index (χ4n) is 1.46. The smallest absolute Gasteiger partial charge is 0.0950 e. The van der Waals surface area contributed by atoms with Gasteiger partial charge in [-0.05, 0) is 36.3 Å². The Hall–Kier alpha value is -0.860. The second-order valence-electron chi connectivity index (χ2n) is 3.90. The maximum atomic E-state index is 8.85. The molecule has 0 aliphatic heterocycles. The van der Waals surface area contributed by atoms with Crippen LogP contribution in [0.25, 0.3) is 0 Å². The summed E-state index contributed by atoms with van der Waals surface area (Å²) >= 11 is 3.57. The van der Waals surface area contributed by atoms with Crippen LogP contribution in [0.2, 0.25) is 0 Å². The number of hydrogen-bond acceptors (Lipinski definition) is 3. The first-order valence-corrected chi connectivity index (χ1v) is 6.10. The van der Waals surface area contributed by atoms with Gasteiger partial charge in [0.25, 0.3) is 0 Å². The van der Waals surface area contributed by atoms with E-state index in [1.807, 2.05) is 30.6 Å². The summed E-state index contributed by atoms with van der Waals surface area (Å²) in [5, 5.41) is 13.3. The molecule has 1 rings (SSSR count). The molecule has 0 bridgehead atoms. The second kappa shape index (κ2) is 5.46. The Morgan fingerprint density at radius 3 is 2.69 bits per heavy atom. The van der Waals surface area contributed by atoms with Crippen molar-refractivity contribution in [3.8, 4) is 6.07 Å². The predicted molar refractivity (Wildman–Crippen MR) is 66.8 cm³/mol. The van der Waals surface area contributed by atoms with Crippen LogP contribution in [0.1, 0.15) is 25.2 Å². The lowest BCUT2D eigenvalue weighted by Crippen LogP contribution is -2.28. The van der Waals surface area contributed by atoms with Gasteiger partial charge in [-0.15, -0.1) is 0 Å². The van der Waals surface area contributed by atoms with Crippen LogP contribution in [0.3, 0.4) is 0 Å². The van der Waals surface area contributed by atoms with Crippen molar-refractivity contribution < 1.29 is 0 Å². The van der Waals surface area contributed by atoms with Gasteiger partial charge in [-0.2, -0.15) is 10.4 Å². The molecule has 5 heteroatoms. The van der Waals surface area contributed by atoms with Crippen molar-refractivity contribution in [2.45, 2.75) is 32.9 Å². The minimum atomic E-state index is -0.0909. The maximum Gasteiger partial charge on any atom is 0.0950 e. The third kappa shape index (κ3) is 2.63. The summed E-state index contributed by atoms with van der Waals surface area (Å²) in [5.41, 5.74) is 2.18. The molecule has 0 N–H and O–H groups in total. The number of aromatic nitrogens is 2. The monoisotopic (exact) mass is 284 g/mol. The van der Waals surface area contributed by atoms with Crippen molar-refractivity contribution in [1.29, 1.82) is 5.26 Å². The van der Waals surface area contributed by atoms with Gasteiger partial charge in [-0.1, -0.05) is 6.92 Å². The van der Waals surface area contributed by atoms with E-state index in [0.717, 1.165) is 28.8 Å². The van der Waals surface area contributed by atoms with Crippen LogP contribution < -0.4 is 0 Å². The van der Waals surface area contributed by atoms with Gasteiger partial charge in [-0.3, -0.25) is 9.58 Å². The normalized spacial score (nSPS) is 12.8. The summed E-state index contributed by atoms with van der Waals surface area (Å²) in [6.45, 7) is 4.70. The van der Waals surface area contributed by atoms with E-state index in [0.29, 0.717) is 0 Å². The average molecular weight is 285 g/mol. The van der Waals surface area contributed by atoms with Crippen LogP contribution in [0.5, 0.6) is 0 Å². The molecule has 1 unspecified atom stereocenters. The lowest BCUT2D eigenvalue weighted by Gasteiger charge is -2.18. The lowest BCUT2D eigenvalue weighted by atomic mass is 10.2. The molecule has 0 saturated carbocycles. The lowest BCUT2D eigenvalue weighted by molar-refractivity contribution is 0.286. The van der Waals surface area contributed by atoms with Crippen LogP contribution in [0.4, 0.5) is 0 Å². The number of halogens is 1. The van der Waals surface area contributed by atoms with Crippen molar-refractivity contribution in [2.24, 2.45) is 7.05 Å². The van der Waals surface area contributed by atoms with E-state index in [1.165, 1.54) is 0 Å². The molecule has 0 aliphatic carbocycles. The van der Waals surface area contributed by atoms with Crippen LogP contribution in [0.15, 0.2) is 4.47 Å². The number of nitrogens with zero attached hydrogens (tertiary/aromatic N) is 4. The van der Waals surface area contributed by atoms with E-state index < -0.39 is 0 Å². The van der Waals surface area contributed by atoms with E-state index >= 15 is 0 Å². The van der Waals surface area contributed by atoms with Crippen molar-refractivity contribution in [2.75, 3.05) is 7.05 Å². The van der Waals surface area contributed by atoms with E-state index in [2.05, 4.69) is 34.0 Å². The molecular formula is C11H17BrN4. The largest absolute Gasteiger partial charge is 0.285 e. The number of hydrogen-bond donors (Lipinski definition) is 0. The molecule has 4 nitrogen and oxygen atoms in total. The number of rotatable bonds is 4. The zero-order valence-corrected chi connectivity index (χ0v) is 11.7. The minimum Gasteiger partial charge on any atom is -0.285 e. The van der Waals surface area contributed by atoms with Crippen molar-refractivity contribution in [3.05, 3.63) is 15.9 Å². The molecule has 0 saturated heterocycles. The Kier molecular flexibility index (Phi) is 4.51. The molecule has 88 valence electrons. The average Bonchev–Trinajstić information content (AvgIpc) is 2.55. The Labute approximate surface area is 105 Å². The summed E-state index contributed by atoms with van der Waals surface area (Å²) in [5.74, 6) is 0. The highest BCUT2D eigenvalue weighted by atomic mass is 79.9. The number of nitriles is 1. The highest BCUT2D eigenvalue weighted by Gasteiger charge is 2.16. The summed E-state index contributed by atoms with van der Waals surface area (Å²) in [6, 6.07) is 2.13. The Morgan fingerprint density at radius 2 is 2.25 bits per heavy atom. The summed E-state index contributed by atoms with van der Waals surface area (Å²) in [6.07, 6.45) is 0.909. The van der Waals surface area contributed by atoms with Gasteiger partial charge in [0.1, 0.15) is 0 Å². The quantitative estimate of drug-likeness (QED) is 0.851. The van der Waals surface area contributed by atoms with Gasteiger partial charge in [0.05, 0.1) is 28.0 Å². The van der Waals surface area contributed by atoms with Crippen LogP contribution in [0, 0.1) is 11.3 Å². The van der Waals surface area contributed by atoms with E-state index in [1.54, 1.807) is 0 Å². The second-order valence-corrected chi connectivity index (χ2v) is 4.70. The van der Waals surface area contributed by atoms with Gasteiger partial charge in [0.15, 0.2) is 0 Å². The zero-order valence-electron chi connectivity index (χ0n) is 10.2. The fraction of sp³-hybridized carbons (Fsp3) is 0.636. The van der Waals surface area contributed by atoms with E-state index in [4.69, 9.17) is 5.26 Å². The Bertz CT molecular complexity index is 405. The third-order valence-corrected chi connectivity index (χ3v) is 3.67. The van der Waals surface area contributed by atoms with E-state index in [9.17, 15) is 0 Å².